The highest BCUT2D eigenvalue weighted by Crippen LogP contribution is 2.31. The number of carbonyl (C=O) groups excluding carboxylic acids is 2. The number of amides is 1. The molecule has 0 fully saturated rings. The van der Waals surface area contributed by atoms with Gasteiger partial charge < -0.3 is 14.8 Å². The van der Waals surface area contributed by atoms with E-state index < -0.39 is 12.1 Å². The molecule has 0 bridgehead atoms. The molecule has 0 aliphatic heterocycles. The van der Waals surface area contributed by atoms with Crippen LogP contribution in [0.3, 0.4) is 0 Å². The Morgan fingerprint density at radius 2 is 1.79 bits per heavy atom. The van der Waals surface area contributed by atoms with Gasteiger partial charge in [-0.3, -0.25) is 4.79 Å². The minimum Gasteiger partial charge on any atom is -0.493 e. The third-order valence-corrected chi connectivity index (χ3v) is 6.33. The van der Waals surface area contributed by atoms with Gasteiger partial charge in [0.1, 0.15) is 16.3 Å². The number of hydrogen-bond acceptors (Lipinski definition) is 6. The predicted molar refractivity (Wildman–Crippen MR) is 136 cm³/mol. The summed E-state index contributed by atoms with van der Waals surface area (Å²) in [5, 5.41) is 3.76. The van der Waals surface area contributed by atoms with E-state index >= 15 is 0 Å². The Labute approximate surface area is 202 Å². The van der Waals surface area contributed by atoms with Crippen molar-refractivity contribution in [3.05, 3.63) is 77.9 Å². The minimum absolute atomic E-state index is 0.297. The van der Waals surface area contributed by atoms with Crippen molar-refractivity contribution in [2.75, 3.05) is 11.9 Å². The monoisotopic (exact) mass is 474 g/mol. The highest BCUT2D eigenvalue weighted by molar-refractivity contribution is 7.21. The summed E-state index contributed by atoms with van der Waals surface area (Å²) >= 11 is 1.64. The number of fused-ring (bicyclic) bond motifs is 1. The number of thiazole rings is 1. The first kappa shape index (κ1) is 23.4. The number of carbonyl (C=O) groups is 2. The third kappa shape index (κ3) is 5.26. The van der Waals surface area contributed by atoms with Gasteiger partial charge in [0.2, 0.25) is 0 Å². The van der Waals surface area contributed by atoms with Crippen molar-refractivity contribution in [3.63, 3.8) is 0 Å². The standard InChI is InChI=1S/C27H26N2O4S/c1-4-22(33-27(31)20-8-6-7-9-23(20)32-5-2)25(30)28-19-13-11-18(12-14-19)26-29-21-15-10-17(3)16-24(21)34-26/h6-16,22H,4-5H2,1-3H3,(H,28,30). The van der Waals surface area contributed by atoms with E-state index in [2.05, 4.69) is 24.4 Å². The highest BCUT2D eigenvalue weighted by atomic mass is 32.1. The van der Waals surface area contributed by atoms with Crippen molar-refractivity contribution >= 4 is 39.1 Å². The molecule has 4 rings (SSSR count). The van der Waals surface area contributed by atoms with Crippen molar-refractivity contribution in [3.8, 4) is 16.3 Å². The van der Waals surface area contributed by atoms with Crippen LogP contribution in [0.25, 0.3) is 20.8 Å². The van der Waals surface area contributed by atoms with E-state index in [4.69, 9.17) is 14.5 Å². The summed E-state index contributed by atoms with van der Waals surface area (Å²) in [6.07, 6.45) is -0.577. The Morgan fingerprint density at radius 1 is 1.03 bits per heavy atom. The summed E-state index contributed by atoms with van der Waals surface area (Å²) in [5.41, 5.74) is 4.07. The molecule has 1 unspecified atom stereocenters. The van der Waals surface area contributed by atoms with E-state index in [0.717, 1.165) is 20.8 Å². The summed E-state index contributed by atoms with van der Waals surface area (Å²) in [7, 11) is 0. The van der Waals surface area contributed by atoms with Crippen molar-refractivity contribution in [2.24, 2.45) is 0 Å². The number of para-hydroxylation sites is 1. The zero-order valence-corrected chi connectivity index (χ0v) is 20.1. The number of ether oxygens (including phenoxy) is 2. The van der Waals surface area contributed by atoms with Gasteiger partial charge in [0.15, 0.2) is 6.10 Å². The lowest BCUT2D eigenvalue weighted by Crippen LogP contribution is -2.32. The molecule has 0 saturated carbocycles. The first-order chi connectivity index (χ1) is 16.5. The van der Waals surface area contributed by atoms with Crippen LogP contribution in [0.15, 0.2) is 66.7 Å². The van der Waals surface area contributed by atoms with Gasteiger partial charge in [-0.2, -0.15) is 0 Å². The van der Waals surface area contributed by atoms with Gasteiger partial charge in [0.05, 0.1) is 16.8 Å². The second-order valence-corrected chi connectivity index (χ2v) is 8.82. The summed E-state index contributed by atoms with van der Waals surface area (Å²) in [4.78, 5) is 30.2. The van der Waals surface area contributed by atoms with Gasteiger partial charge in [0.25, 0.3) is 5.91 Å². The maximum Gasteiger partial charge on any atom is 0.342 e. The van der Waals surface area contributed by atoms with E-state index in [1.165, 1.54) is 5.56 Å². The molecule has 7 heteroatoms. The van der Waals surface area contributed by atoms with Crippen LogP contribution in [-0.2, 0) is 9.53 Å². The molecule has 1 amide bonds. The van der Waals surface area contributed by atoms with Gasteiger partial charge in [0, 0.05) is 11.3 Å². The van der Waals surface area contributed by atoms with Gasteiger partial charge in [-0.15, -0.1) is 11.3 Å². The van der Waals surface area contributed by atoms with Crippen molar-refractivity contribution < 1.29 is 19.1 Å². The molecule has 0 radical (unpaired) electrons. The normalized spacial score (nSPS) is 11.7. The molecular weight excluding hydrogens is 448 g/mol. The lowest BCUT2D eigenvalue weighted by Gasteiger charge is -2.17. The summed E-state index contributed by atoms with van der Waals surface area (Å²) < 4.78 is 12.1. The fourth-order valence-electron chi connectivity index (χ4n) is 3.51. The number of esters is 1. The smallest absolute Gasteiger partial charge is 0.342 e. The summed E-state index contributed by atoms with van der Waals surface area (Å²) in [6.45, 7) is 6.13. The van der Waals surface area contributed by atoms with E-state index in [0.29, 0.717) is 30.0 Å². The number of hydrogen-bond donors (Lipinski definition) is 1. The number of benzene rings is 3. The average molecular weight is 475 g/mol. The fraction of sp³-hybridized carbons (Fsp3) is 0.222. The minimum atomic E-state index is -0.922. The molecule has 4 aromatic rings. The quantitative estimate of drug-likeness (QED) is 0.306. The molecule has 0 spiro atoms. The maximum absolute atomic E-state index is 12.8. The van der Waals surface area contributed by atoms with Crippen LogP contribution in [0.5, 0.6) is 5.75 Å². The Hall–Kier alpha value is -3.71. The van der Waals surface area contributed by atoms with Gasteiger partial charge >= 0.3 is 5.97 Å². The zero-order valence-electron chi connectivity index (χ0n) is 19.3. The second-order valence-electron chi connectivity index (χ2n) is 7.79. The number of nitrogens with zero attached hydrogens (tertiary/aromatic N) is 1. The van der Waals surface area contributed by atoms with Crippen LogP contribution in [0.2, 0.25) is 0 Å². The number of aryl methyl sites for hydroxylation is 1. The third-order valence-electron chi connectivity index (χ3n) is 5.26. The van der Waals surface area contributed by atoms with Crippen LogP contribution in [0.4, 0.5) is 5.69 Å². The molecule has 1 aromatic heterocycles. The summed E-state index contributed by atoms with van der Waals surface area (Å²) in [6, 6.07) is 20.5. The lowest BCUT2D eigenvalue weighted by molar-refractivity contribution is -0.124. The Balaban J connectivity index is 1.43. The fourth-order valence-corrected chi connectivity index (χ4v) is 4.58. The molecule has 1 N–H and O–H groups in total. The zero-order chi connectivity index (χ0) is 24.1. The molecule has 6 nitrogen and oxygen atoms in total. The molecule has 34 heavy (non-hydrogen) atoms. The molecule has 3 aromatic carbocycles. The summed E-state index contributed by atoms with van der Waals surface area (Å²) in [5.74, 6) is -0.536. The van der Waals surface area contributed by atoms with Crippen molar-refractivity contribution in [2.45, 2.75) is 33.3 Å². The van der Waals surface area contributed by atoms with Crippen LogP contribution in [-0.4, -0.2) is 29.6 Å². The Morgan fingerprint density at radius 3 is 2.53 bits per heavy atom. The van der Waals surface area contributed by atoms with E-state index in [1.54, 1.807) is 42.5 Å². The number of aromatic nitrogens is 1. The van der Waals surface area contributed by atoms with Crippen LogP contribution in [0, 0.1) is 6.92 Å². The van der Waals surface area contributed by atoms with Crippen LogP contribution < -0.4 is 10.1 Å². The molecule has 1 atom stereocenters. The van der Waals surface area contributed by atoms with E-state index in [-0.39, 0.29) is 5.91 Å². The topological polar surface area (TPSA) is 77.5 Å². The molecule has 174 valence electrons. The van der Waals surface area contributed by atoms with Gasteiger partial charge in [-0.1, -0.05) is 25.1 Å². The van der Waals surface area contributed by atoms with Crippen LogP contribution >= 0.6 is 11.3 Å². The molecule has 1 heterocycles. The Bertz CT molecular complexity index is 1310. The first-order valence-corrected chi connectivity index (χ1v) is 12.0. The SMILES string of the molecule is CCOc1ccccc1C(=O)OC(CC)C(=O)Nc1ccc(-c2nc3ccc(C)cc3s2)cc1. The lowest BCUT2D eigenvalue weighted by atomic mass is 10.2. The van der Waals surface area contributed by atoms with Crippen LogP contribution in [0.1, 0.15) is 36.2 Å². The predicted octanol–water partition coefficient (Wildman–Crippen LogP) is 6.24. The van der Waals surface area contributed by atoms with E-state index in [9.17, 15) is 9.59 Å². The number of rotatable bonds is 8. The Kier molecular flexibility index (Phi) is 7.23. The van der Waals surface area contributed by atoms with Crippen molar-refractivity contribution in [1.82, 2.24) is 4.98 Å². The average Bonchev–Trinajstić information content (AvgIpc) is 3.26. The highest BCUT2D eigenvalue weighted by Gasteiger charge is 2.24. The maximum atomic E-state index is 12.8. The number of anilines is 1. The van der Waals surface area contributed by atoms with Gasteiger partial charge in [-0.05, 0) is 74.4 Å². The van der Waals surface area contributed by atoms with Crippen molar-refractivity contribution in [1.29, 1.82) is 0 Å². The molecule has 0 aliphatic carbocycles. The second kappa shape index (κ2) is 10.5. The first-order valence-electron chi connectivity index (χ1n) is 11.2. The molecule has 0 aliphatic rings. The molecule has 0 saturated heterocycles. The van der Waals surface area contributed by atoms with Gasteiger partial charge in [-0.25, -0.2) is 9.78 Å². The number of nitrogens with one attached hydrogen (secondary N) is 1. The molecular formula is C27H26N2O4S. The largest absolute Gasteiger partial charge is 0.493 e. The van der Waals surface area contributed by atoms with E-state index in [1.807, 2.05) is 37.3 Å².